The first-order valence-electron chi connectivity index (χ1n) is 9.73. The Balaban J connectivity index is 0. The Labute approximate surface area is 170 Å². The molecule has 0 saturated carbocycles. The summed E-state index contributed by atoms with van der Waals surface area (Å²) in [6.07, 6.45) is 18.7. The standard InChI is InChI=1S/C18H37O5P.Mg.2H/c1-2-3-4-5-6-7-8-9-10-11-12-13-14-15-16-17-18(19)23-24(20,21)22;;;/h2-17H2,1H3,(H2,20,21,22);;;. The van der Waals surface area contributed by atoms with Gasteiger partial charge in [-0.15, -0.1) is 0 Å². The highest BCUT2D eigenvalue weighted by molar-refractivity contribution is 7.46. The zero-order chi connectivity index (χ0) is 18.1. The van der Waals surface area contributed by atoms with Crippen molar-refractivity contribution in [3.63, 3.8) is 0 Å². The summed E-state index contributed by atoms with van der Waals surface area (Å²) in [7, 11) is -4.66. The average molecular weight is 391 g/mol. The molecule has 0 spiro atoms. The maximum atomic E-state index is 11.1. The van der Waals surface area contributed by atoms with Crippen LogP contribution >= 0.6 is 7.82 Å². The van der Waals surface area contributed by atoms with E-state index < -0.39 is 13.8 Å². The fourth-order valence-electron chi connectivity index (χ4n) is 2.82. The third kappa shape index (κ3) is 24.4. The molecule has 0 aromatic rings. The average Bonchev–Trinajstić information content (AvgIpc) is 2.49. The predicted molar refractivity (Wildman–Crippen MR) is 106 cm³/mol. The van der Waals surface area contributed by atoms with Crippen molar-refractivity contribution in [3.8, 4) is 0 Å². The van der Waals surface area contributed by atoms with Gasteiger partial charge in [0, 0.05) is 6.42 Å². The number of phosphoric acid groups is 1. The number of hydrogen-bond acceptors (Lipinski definition) is 3. The maximum absolute atomic E-state index is 11.1. The third-order valence-electron chi connectivity index (χ3n) is 4.21. The minimum atomic E-state index is -4.66. The third-order valence-corrected chi connectivity index (χ3v) is 4.65. The molecule has 148 valence electrons. The van der Waals surface area contributed by atoms with E-state index in [1.165, 1.54) is 77.0 Å². The van der Waals surface area contributed by atoms with E-state index in [-0.39, 0.29) is 29.5 Å². The number of unbranched alkanes of at least 4 members (excludes halogenated alkanes) is 14. The van der Waals surface area contributed by atoms with Gasteiger partial charge < -0.3 is 4.52 Å². The van der Waals surface area contributed by atoms with Crippen molar-refractivity contribution in [2.24, 2.45) is 0 Å². The smallest absolute Gasteiger partial charge is 0.371 e. The van der Waals surface area contributed by atoms with Crippen LogP contribution in [0.5, 0.6) is 0 Å². The molecule has 7 heteroatoms. The molecule has 5 nitrogen and oxygen atoms in total. The largest absolute Gasteiger partial charge is 0.526 e. The zero-order valence-corrected chi connectivity index (χ0v) is 16.3. The molecule has 0 saturated heterocycles. The van der Waals surface area contributed by atoms with Crippen LogP contribution in [0.25, 0.3) is 0 Å². The number of phosphoric ester groups is 1. The predicted octanol–water partition coefficient (Wildman–Crippen LogP) is 4.97. The molecular formula is C18H39MgO5P. The van der Waals surface area contributed by atoms with Gasteiger partial charge in [0.1, 0.15) is 0 Å². The van der Waals surface area contributed by atoms with E-state index in [2.05, 4.69) is 11.4 Å². The summed E-state index contributed by atoms with van der Waals surface area (Å²) in [4.78, 5) is 28.0. The molecule has 2 N–H and O–H groups in total. The van der Waals surface area contributed by atoms with E-state index in [0.29, 0.717) is 6.42 Å². The second-order valence-electron chi connectivity index (χ2n) is 6.65. The highest BCUT2D eigenvalue weighted by atomic mass is 31.2. The van der Waals surface area contributed by atoms with E-state index >= 15 is 0 Å². The first-order valence-corrected chi connectivity index (χ1v) is 11.3. The molecule has 0 atom stereocenters. The van der Waals surface area contributed by atoms with Gasteiger partial charge in [-0.3, -0.25) is 14.6 Å². The Morgan fingerprint density at radius 1 is 0.720 bits per heavy atom. The zero-order valence-electron chi connectivity index (χ0n) is 15.4. The van der Waals surface area contributed by atoms with Gasteiger partial charge in [0.05, 0.1) is 0 Å². The molecule has 0 aromatic carbocycles. The quantitative estimate of drug-likeness (QED) is 0.208. The van der Waals surface area contributed by atoms with Gasteiger partial charge in [-0.2, -0.15) is 0 Å². The van der Waals surface area contributed by atoms with Crippen molar-refractivity contribution < 1.29 is 23.7 Å². The van der Waals surface area contributed by atoms with Crippen molar-refractivity contribution in [2.45, 2.75) is 110 Å². The number of carbonyl (C=O) groups excluding carboxylic acids is 1. The molecule has 0 amide bonds. The van der Waals surface area contributed by atoms with Gasteiger partial charge in [-0.1, -0.05) is 96.8 Å². The SMILES string of the molecule is CCCCCCCCCCCCCCCCCC(=O)OP(=O)(O)O.[MgH2]. The fraction of sp³-hybridized carbons (Fsp3) is 0.944. The number of rotatable bonds is 17. The van der Waals surface area contributed by atoms with Crippen LogP contribution in [-0.4, -0.2) is 38.8 Å². The summed E-state index contributed by atoms with van der Waals surface area (Å²) < 4.78 is 14.4. The minimum Gasteiger partial charge on any atom is -0.371 e. The molecule has 0 aliphatic carbocycles. The fourth-order valence-corrected chi connectivity index (χ4v) is 3.18. The van der Waals surface area contributed by atoms with E-state index in [0.717, 1.165) is 12.8 Å². The molecule has 0 unspecified atom stereocenters. The summed E-state index contributed by atoms with van der Waals surface area (Å²) in [5.74, 6) is -0.807. The Kier molecular flexibility index (Phi) is 21.2. The Morgan fingerprint density at radius 3 is 1.36 bits per heavy atom. The van der Waals surface area contributed by atoms with Crippen molar-refractivity contribution in [3.05, 3.63) is 0 Å². The van der Waals surface area contributed by atoms with E-state index in [1.54, 1.807) is 0 Å². The summed E-state index contributed by atoms with van der Waals surface area (Å²) in [6, 6.07) is 0. The molecular weight excluding hydrogens is 351 g/mol. The Hall–Kier alpha value is 0.386. The monoisotopic (exact) mass is 390 g/mol. The van der Waals surface area contributed by atoms with Crippen LogP contribution in [0.2, 0.25) is 0 Å². The summed E-state index contributed by atoms with van der Waals surface area (Å²) in [5, 5.41) is 0. The van der Waals surface area contributed by atoms with Crippen LogP contribution in [0, 0.1) is 0 Å². The lowest BCUT2D eigenvalue weighted by molar-refractivity contribution is -0.135. The maximum Gasteiger partial charge on any atom is 0.526 e. The molecule has 0 bridgehead atoms. The van der Waals surface area contributed by atoms with Crippen LogP contribution in [-0.2, 0) is 13.9 Å². The highest BCUT2D eigenvalue weighted by Crippen LogP contribution is 2.36. The van der Waals surface area contributed by atoms with Crippen molar-refractivity contribution in [2.75, 3.05) is 0 Å². The molecule has 0 aromatic heterocycles. The van der Waals surface area contributed by atoms with E-state index in [1.807, 2.05) is 0 Å². The van der Waals surface area contributed by atoms with Crippen LogP contribution < -0.4 is 0 Å². The van der Waals surface area contributed by atoms with Crippen molar-refractivity contribution in [1.29, 1.82) is 0 Å². The molecule has 0 aliphatic heterocycles. The second kappa shape index (κ2) is 19.2. The number of carbonyl (C=O) groups is 1. The molecule has 0 fully saturated rings. The normalized spacial score (nSPS) is 11.2. The van der Waals surface area contributed by atoms with Gasteiger partial charge >= 0.3 is 36.8 Å². The Morgan fingerprint density at radius 2 is 1.04 bits per heavy atom. The lowest BCUT2D eigenvalue weighted by Gasteiger charge is -2.05. The minimum absolute atomic E-state index is 0. The van der Waals surface area contributed by atoms with Gasteiger partial charge in [0.25, 0.3) is 0 Å². The second-order valence-corrected chi connectivity index (χ2v) is 7.82. The molecule has 0 aliphatic rings. The van der Waals surface area contributed by atoms with Gasteiger partial charge in [0.15, 0.2) is 0 Å². The van der Waals surface area contributed by atoms with Gasteiger partial charge in [-0.25, -0.2) is 4.57 Å². The lowest BCUT2D eigenvalue weighted by Crippen LogP contribution is -2.01. The summed E-state index contributed by atoms with van der Waals surface area (Å²) in [6.45, 7) is 2.25. The topological polar surface area (TPSA) is 83.8 Å². The van der Waals surface area contributed by atoms with Crippen molar-refractivity contribution >= 4 is 36.8 Å². The van der Waals surface area contributed by atoms with E-state index in [9.17, 15) is 9.36 Å². The van der Waals surface area contributed by atoms with Gasteiger partial charge in [0.2, 0.25) is 0 Å². The molecule has 0 heterocycles. The Bertz CT molecular complexity index is 346. The first-order chi connectivity index (χ1) is 11.5. The van der Waals surface area contributed by atoms with Crippen LogP contribution in [0.15, 0.2) is 0 Å². The highest BCUT2D eigenvalue weighted by Gasteiger charge is 2.19. The number of hydrogen-bond donors (Lipinski definition) is 2. The van der Waals surface area contributed by atoms with E-state index in [4.69, 9.17) is 9.79 Å². The molecule has 25 heavy (non-hydrogen) atoms. The van der Waals surface area contributed by atoms with Crippen molar-refractivity contribution in [1.82, 2.24) is 0 Å². The lowest BCUT2D eigenvalue weighted by atomic mass is 10.0. The van der Waals surface area contributed by atoms with Crippen LogP contribution in [0.3, 0.4) is 0 Å². The first kappa shape index (κ1) is 27.6. The summed E-state index contributed by atoms with van der Waals surface area (Å²) >= 11 is 0. The summed E-state index contributed by atoms with van der Waals surface area (Å²) in [5.41, 5.74) is 0. The molecule has 0 rings (SSSR count). The molecule has 0 radical (unpaired) electrons. The van der Waals surface area contributed by atoms with Gasteiger partial charge in [-0.05, 0) is 6.42 Å². The van der Waals surface area contributed by atoms with Crippen LogP contribution in [0.1, 0.15) is 110 Å². The van der Waals surface area contributed by atoms with Crippen LogP contribution in [0.4, 0.5) is 0 Å².